The molecule has 1 aliphatic carbocycles. The van der Waals surface area contributed by atoms with Crippen LogP contribution in [-0.2, 0) is 0 Å². The Labute approximate surface area is 87.1 Å². The molecule has 2 rings (SSSR count). The predicted octanol–water partition coefficient (Wildman–Crippen LogP) is 3.97. The minimum absolute atomic E-state index is 0.0725. The average molecular weight is 213 g/mol. The molecule has 1 radical (unpaired) electrons. The SMILES string of the molecule is Fc1cc(C2[CH]CCCC2)cc(F)c1F. The Balaban J connectivity index is 2.27. The van der Waals surface area contributed by atoms with Crippen LogP contribution in [0.15, 0.2) is 12.1 Å². The molecular formula is C12H12F3. The maximum atomic E-state index is 13.0. The summed E-state index contributed by atoms with van der Waals surface area (Å²) in [6.07, 6.45) is 6.09. The van der Waals surface area contributed by atoms with Crippen LogP contribution < -0.4 is 0 Å². The van der Waals surface area contributed by atoms with E-state index in [1.54, 1.807) is 0 Å². The molecule has 0 aromatic heterocycles. The molecule has 0 N–H and O–H groups in total. The maximum Gasteiger partial charge on any atom is 0.194 e. The quantitative estimate of drug-likeness (QED) is 0.619. The average Bonchev–Trinajstić information content (AvgIpc) is 2.26. The summed E-state index contributed by atoms with van der Waals surface area (Å²) in [4.78, 5) is 0. The zero-order valence-corrected chi connectivity index (χ0v) is 8.27. The van der Waals surface area contributed by atoms with E-state index >= 15 is 0 Å². The Morgan fingerprint density at radius 2 is 1.67 bits per heavy atom. The van der Waals surface area contributed by atoms with Crippen molar-refractivity contribution in [3.63, 3.8) is 0 Å². The van der Waals surface area contributed by atoms with E-state index in [-0.39, 0.29) is 5.92 Å². The number of rotatable bonds is 1. The van der Waals surface area contributed by atoms with Gasteiger partial charge in [0.15, 0.2) is 17.5 Å². The fraction of sp³-hybridized carbons (Fsp3) is 0.417. The molecule has 1 atom stereocenters. The van der Waals surface area contributed by atoms with Gasteiger partial charge in [0.25, 0.3) is 0 Å². The van der Waals surface area contributed by atoms with Gasteiger partial charge >= 0.3 is 0 Å². The van der Waals surface area contributed by atoms with Crippen molar-refractivity contribution in [2.75, 3.05) is 0 Å². The molecule has 0 aliphatic heterocycles. The summed E-state index contributed by atoms with van der Waals surface area (Å²) >= 11 is 0. The predicted molar refractivity (Wildman–Crippen MR) is 51.8 cm³/mol. The number of halogens is 3. The smallest absolute Gasteiger partial charge is 0.194 e. The van der Waals surface area contributed by atoms with Gasteiger partial charge in [0, 0.05) is 0 Å². The highest BCUT2D eigenvalue weighted by Crippen LogP contribution is 2.32. The van der Waals surface area contributed by atoms with Crippen LogP contribution >= 0.6 is 0 Å². The third kappa shape index (κ3) is 2.16. The van der Waals surface area contributed by atoms with Crippen molar-refractivity contribution in [2.24, 2.45) is 0 Å². The minimum Gasteiger partial charge on any atom is -0.204 e. The molecule has 3 heteroatoms. The second-order valence-corrected chi connectivity index (χ2v) is 3.93. The Bertz CT molecular complexity index is 331. The summed E-state index contributed by atoms with van der Waals surface area (Å²) < 4.78 is 38.6. The van der Waals surface area contributed by atoms with Gasteiger partial charge in [0.05, 0.1) is 0 Å². The Kier molecular flexibility index (Phi) is 2.98. The molecule has 0 nitrogen and oxygen atoms in total. The fourth-order valence-corrected chi connectivity index (χ4v) is 2.04. The van der Waals surface area contributed by atoms with Gasteiger partial charge in [-0.1, -0.05) is 12.8 Å². The highest BCUT2D eigenvalue weighted by molar-refractivity contribution is 5.25. The van der Waals surface area contributed by atoms with Crippen LogP contribution in [0.2, 0.25) is 0 Å². The van der Waals surface area contributed by atoms with Gasteiger partial charge in [0.1, 0.15) is 0 Å². The van der Waals surface area contributed by atoms with Crippen LogP contribution in [0.1, 0.15) is 37.2 Å². The van der Waals surface area contributed by atoms with E-state index in [1.807, 2.05) is 0 Å². The number of benzene rings is 1. The lowest BCUT2D eigenvalue weighted by molar-refractivity contribution is 0.441. The largest absolute Gasteiger partial charge is 0.204 e. The normalized spacial score (nSPS) is 18.1. The lowest BCUT2D eigenvalue weighted by Gasteiger charge is -2.21. The first-order chi connectivity index (χ1) is 7.18. The van der Waals surface area contributed by atoms with E-state index in [9.17, 15) is 13.2 Å². The molecule has 1 aromatic carbocycles. The molecule has 0 amide bonds. The van der Waals surface area contributed by atoms with Gasteiger partial charge in [-0.15, -0.1) is 0 Å². The van der Waals surface area contributed by atoms with Crippen molar-refractivity contribution >= 4 is 0 Å². The van der Waals surface area contributed by atoms with Gasteiger partial charge in [0.2, 0.25) is 0 Å². The standard InChI is InChI=1S/C12H12F3/c13-10-6-9(7-11(14)12(10)15)8-4-2-1-3-5-8/h4,6-8H,1-3,5H2. The second kappa shape index (κ2) is 4.25. The molecule has 1 saturated carbocycles. The van der Waals surface area contributed by atoms with E-state index in [0.29, 0.717) is 5.56 Å². The molecule has 81 valence electrons. The first kappa shape index (κ1) is 10.5. The molecule has 0 saturated heterocycles. The van der Waals surface area contributed by atoms with E-state index < -0.39 is 17.5 Å². The lowest BCUT2D eigenvalue weighted by Crippen LogP contribution is -2.07. The zero-order chi connectivity index (χ0) is 10.8. The van der Waals surface area contributed by atoms with Crippen molar-refractivity contribution in [3.05, 3.63) is 41.6 Å². The van der Waals surface area contributed by atoms with Gasteiger partial charge in [-0.05, 0) is 42.9 Å². The van der Waals surface area contributed by atoms with Crippen LogP contribution in [0.5, 0.6) is 0 Å². The van der Waals surface area contributed by atoms with E-state index in [1.165, 1.54) is 0 Å². The first-order valence-corrected chi connectivity index (χ1v) is 5.16. The number of hydrogen-bond donors (Lipinski definition) is 0. The summed E-state index contributed by atoms with van der Waals surface area (Å²) in [5, 5.41) is 0. The highest BCUT2D eigenvalue weighted by atomic mass is 19.2. The fourth-order valence-electron chi connectivity index (χ4n) is 2.04. The number of hydrogen-bond acceptors (Lipinski definition) is 0. The molecule has 0 bridgehead atoms. The van der Waals surface area contributed by atoms with Crippen LogP contribution in [0.4, 0.5) is 13.2 Å². The summed E-state index contributed by atoms with van der Waals surface area (Å²) in [5.41, 5.74) is 0.547. The zero-order valence-electron chi connectivity index (χ0n) is 8.27. The third-order valence-corrected chi connectivity index (χ3v) is 2.85. The maximum absolute atomic E-state index is 13.0. The Morgan fingerprint density at radius 1 is 1.00 bits per heavy atom. The first-order valence-electron chi connectivity index (χ1n) is 5.16. The van der Waals surface area contributed by atoms with Crippen molar-refractivity contribution in [3.8, 4) is 0 Å². The molecular weight excluding hydrogens is 201 g/mol. The van der Waals surface area contributed by atoms with Crippen LogP contribution in [-0.4, -0.2) is 0 Å². The lowest BCUT2D eigenvalue weighted by atomic mass is 9.84. The van der Waals surface area contributed by atoms with Crippen molar-refractivity contribution < 1.29 is 13.2 Å². The Morgan fingerprint density at radius 3 is 2.20 bits per heavy atom. The molecule has 0 spiro atoms. The molecule has 1 unspecified atom stereocenters. The summed E-state index contributed by atoms with van der Waals surface area (Å²) in [6.45, 7) is 0. The van der Waals surface area contributed by atoms with E-state index in [0.717, 1.165) is 37.8 Å². The topological polar surface area (TPSA) is 0 Å². The molecule has 1 aliphatic rings. The monoisotopic (exact) mass is 213 g/mol. The van der Waals surface area contributed by atoms with Crippen molar-refractivity contribution in [1.29, 1.82) is 0 Å². The van der Waals surface area contributed by atoms with Gasteiger partial charge in [-0.2, -0.15) is 0 Å². The Hall–Kier alpha value is -0.990. The highest BCUT2D eigenvalue weighted by Gasteiger charge is 2.19. The van der Waals surface area contributed by atoms with Crippen LogP contribution in [0.25, 0.3) is 0 Å². The third-order valence-electron chi connectivity index (χ3n) is 2.85. The minimum atomic E-state index is -1.38. The second-order valence-electron chi connectivity index (χ2n) is 3.93. The van der Waals surface area contributed by atoms with Crippen molar-refractivity contribution in [2.45, 2.75) is 31.6 Å². The summed E-state index contributed by atoms with van der Waals surface area (Å²) in [7, 11) is 0. The van der Waals surface area contributed by atoms with Crippen LogP contribution in [0, 0.1) is 23.9 Å². The van der Waals surface area contributed by atoms with Gasteiger partial charge in [-0.3, -0.25) is 0 Å². The van der Waals surface area contributed by atoms with E-state index in [4.69, 9.17) is 0 Å². The molecule has 15 heavy (non-hydrogen) atoms. The van der Waals surface area contributed by atoms with Gasteiger partial charge in [-0.25, -0.2) is 13.2 Å². The summed E-state index contributed by atoms with van der Waals surface area (Å²) in [5.74, 6) is -3.49. The summed E-state index contributed by atoms with van der Waals surface area (Å²) in [6, 6.07) is 2.20. The van der Waals surface area contributed by atoms with Crippen molar-refractivity contribution in [1.82, 2.24) is 0 Å². The van der Waals surface area contributed by atoms with E-state index in [2.05, 4.69) is 6.42 Å². The molecule has 0 heterocycles. The van der Waals surface area contributed by atoms with Gasteiger partial charge < -0.3 is 0 Å². The molecule has 1 fully saturated rings. The molecule has 1 aromatic rings. The van der Waals surface area contributed by atoms with Crippen LogP contribution in [0.3, 0.4) is 0 Å².